The van der Waals surface area contributed by atoms with Gasteiger partial charge in [0.25, 0.3) is 0 Å². The van der Waals surface area contributed by atoms with Crippen molar-refractivity contribution in [3.8, 4) is 11.4 Å². The highest BCUT2D eigenvalue weighted by Gasteiger charge is 2.38. The van der Waals surface area contributed by atoms with Crippen LogP contribution in [-0.2, 0) is 0 Å². The van der Waals surface area contributed by atoms with Gasteiger partial charge in [-0.1, -0.05) is 19.1 Å². The molecule has 2 aromatic rings. The largest absolute Gasteiger partial charge is 0.486 e. The zero-order valence-electron chi connectivity index (χ0n) is 15.5. The van der Waals surface area contributed by atoms with Crippen LogP contribution < -0.4 is 20.5 Å². The summed E-state index contributed by atoms with van der Waals surface area (Å²) in [6.07, 6.45) is 4.10. The quantitative estimate of drug-likeness (QED) is 0.891. The smallest absolute Gasteiger partial charge is 0.316 e. The van der Waals surface area contributed by atoms with Gasteiger partial charge in [0.15, 0.2) is 0 Å². The second kappa shape index (κ2) is 6.76. The molecule has 1 aromatic heterocycles. The summed E-state index contributed by atoms with van der Waals surface area (Å²) in [5, 5.41) is 7.79. The molecule has 0 atom stereocenters. The van der Waals surface area contributed by atoms with Gasteiger partial charge in [0.2, 0.25) is 5.75 Å². The molecule has 2 heterocycles. The van der Waals surface area contributed by atoms with Crippen LogP contribution in [0.2, 0.25) is 0 Å². The average Bonchev–Trinajstić information content (AvgIpc) is 3.39. The Morgan fingerprint density at radius 2 is 2.04 bits per heavy atom. The molecule has 0 radical (unpaired) electrons. The third kappa shape index (κ3) is 3.46. The Morgan fingerprint density at radius 3 is 2.73 bits per heavy atom. The van der Waals surface area contributed by atoms with E-state index in [1.807, 2.05) is 31.2 Å². The van der Waals surface area contributed by atoms with Crippen molar-refractivity contribution in [2.75, 3.05) is 37.7 Å². The minimum absolute atomic E-state index is 0.184. The summed E-state index contributed by atoms with van der Waals surface area (Å²) in [7, 11) is 0. The van der Waals surface area contributed by atoms with E-state index in [0.717, 1.165) is 56.0 Å². The lowest BCUT2D eigenvalue weighted by Gasteiger charge is -2.30. The number of benzene rings is 1. The number of aryl methyl sites for hydroxylation is 1. The van der Waals surface area contributed by atoms with Gasteiger partial charge in [-0.25, -0.2) is 0 Å². The van der Waals surface area contributed by atoms with Gasteiger partial charge in [0.1, 0.15) is 5.69 Å². The van der Waals surface area contributed by atoms with Crippen LogP contribution in [0.1, 0.15) is 25.3 Å². The molecular weight excluding hydrogens is 328 g/mol. The Labute approximate surface area is 153 Å². The zero-order chi connectivity index (χ0) is 18.1. The molecule has 6 heteroatoms. The van der Waals surface area contributed by atoms with Crippen molar-refractivity contribution < 1.29 is 4.74 Å². The van der Waals surface area contributed by atoms with E-state index in [2.05, 4.69) is 22.2 Å². The van der Waals surface area contributed by atoms with E-state index in [-0.39, 0.29) is 11.0 Å². The zero-order valence-corrected chi connectivity index (χ0v) is 15.5. The van der Waals surface area contributed by atoms with Gasteiger partial charge in [-0.2, -0.15) is 9.78 Å². The van der Waals surface area contributed by atoms with Crippen molar-refractivity contribution in [2.45, 2.75) is 26.7 Å². The lowest BCUT2D eigenvalue weighted by Crippen LogP contribution is -2.44. The SMILES string of the molecule is Cc1cccc(-n2ncc(N3CCNCC3)c(OCC3(C)CC3)c2=O)c1. The first-order chi connectivity index (χ1) is 12.6. The minimum atomic E-state index is -0.184. The third-order valence-electron chi connectivity index (χ3n) is 5.29. The molecule has 138 valence electrons. The normalized spacial score (nSPS) is 18.6. The van der Waals surface area contributed by atoms with Crippen LogP contribution in [0.4, 0.5) is 5.69 Å². The monoisotopic (exact) mass is 354 g/mol. The molecule has 2 fully saturated rings. The molecule has 1 saturated heterocycles. The summed E-state index contributed by atoms with van der Waals surface area (Å²) in [6.45, 7) is 8.30. The number of piperazine rings is 1. The number of rotatable bonds is 5. The topological polar surface area (TPSA) is 59.4 Å². The van der Waals surface area contributed by atoms with E-state index in [1.54, 1.807) is 6.20 Å². The molecule has 1 saturated carbocycles. The summed E-state index contributed by atoms with van der Waals surface area (Å²) in [5.74, 6) is 0.427. The number of aromatic nitrogens is 2. The first-order valence-electron chi connectivity index (χ1n) is 9.34. The fourth-order valence-corrected chi connectivity index (χ4v) is 3.24. The molecule has 0 spiro atoms. The predicted molar refractivity (Wildman–Crippen MR) is 102 cm³/mol. The van der Waals surface area contributed by atoms with Gasteiger partial charge < -0.3 is 15.0 Å². The minimum Gasteiger partial charge on any atom is -0.486 e. The number of hydrogen-bond acceptors (Lipinski definition) is 5. The highest BCUT2D eigenvalue weighted by Crippen LogP contribution is 2.45. The third-order valence-corrected chi connectivity index (χ3v) is 5.29. The van der Waals surface area contributed by atoms with Crippen molar-refractivity contribution >= 4 is 5.69 Å². The van der Waals surface area contributed by atoms with Crippen LogP contribution in [0, 0.1) is 12.3 Å². The molecule has 1 aliphatic carbocycles. The highest BCUT2D eigenvalue weighted by molar-refractivity contribution is 5.57. The Kier molecular flexibility index (Phi) is 4.44. The van der Waals surface area contributed by atoms with Gasteiger partial charge in [0, 0.05) is 31.6 Å². The van der Waals surface area contributed by atoms with Crippen LogP contribution in [-0.4, -0.2) is 42.6 Å². The molecule has 1 aromatic carbocycles. The Morgan fingerprint density at radius 1 is 1.27 bits per heavy atom. The first-order valence-corrected chi connectivity index (χ1v) is 9.34. The van der Waals surface area contributed by atoms with Crippen molar-refractivity contribution in [2.24, 2.45) is 5.41 Å². The summed E-state index contributed by atoms with van der Waals surface area (Å²) in [6, 6.07) is 7.81. The molecule has 1 N–H and O–H groups in total. The van der Waals surface area contributed by atoms with Gasteiger partial charge in [-0.15, -0.1) is 0 Å². The van der Waals surface area contributed by atoms with Crippen molar-refractivity contribution in [3.63, 3.8) is 0 Å². The maximum Gasteiger partial charge on any atom is 0.316 e. The molecule has 2 aliphatic rings. The molecular formula is C20H26N4O2. The van der Waals surface area contributed by atoms with Crippen LogP contribution in [0.3, 0.4) is 0 Å². The number of ether oxygens (including phenoxy) is 1. The van der Waals surface area contributed by atoms with E-state index in [1.165, 1.54) is 4.68 Å². The summed E-state index contributed by atoms with van der Waals surface area (Å²) < 4.78 is 7.55. The van der Waals surface area contributed by atoms with Gasteiger partial charge in [0.05, 0.1) is 18.5 Å². The molecule has 0 unspecified atom stereocenters. The van der Waals surface area contributed by atoms with Crippen LogP contribution >= 0.6 is 0 Å². The van der Waals surface area contributed by atoms with Crippen molar-refractivity contribution in [3.05, 3.63) is 46.4 Å². The number of anilines is 1. The fraction of sp³-hybridized carbons (Fsp3) is 0.500. The average molecular weight is 354 g/mol. The molecule has 6 nitrogen and oxygen atoms in total. The summed E-state index contributed by atoms with van der Waals surface area (Å²) in [5.41, 5.74) is 2.70. The molecule has 0 amide bonds. The first kappa shape index (κ1) is 17.1. The van der Waals surface area contributed by atoms with Gasteiger partial charge in [-0.05, 0) is 37.5 Å². The summed E-state index contributed by atoms with van der Waals surface area (Å²) >= 11 is 0. The number of hydrogen-bond donors (Lipinski definition) is 1. The summed E-state index contributed by atoms with van der Waals surface area (Å²) in [4.78, 5) is 15.4. The van der Waals surface area contributed by atoms with Crippen LogP contribution in [0.25, 0.3) is 5.69 Å². The van der Waals surface area contributed by atoms with E-state index in [0.29, 0.717) is 12.4 Å². The fourth-order valence-electron chi connectivity index (χ4n) is 3.24. The maximum atomic E-state index is 13.2. The van der Waals surface area contributed by atoms with E-state index < -0.39 is 0 Å². The molecule has 0 bridgehead atoms. The standard InChI is InChI=1S/C20H26N4O2/c1-15-4-3-5-16(12-15)24-19(25)18(26-14-20(2)6-7-20)17(13-22-24)23-10-8-21-9-11-23/h3-5,12-13,21H,6-11,14H2,1-2H3. The Balaban J connectivity index is 1.74. The van der Waals surface area contributed by atoms with Crippen LogP contribution in [0.5, 0.6) is 5.75 Å². The van der Waals surface area contributed by atoms with Gasteiger partial charge in [-0.3, -0.25) is 4.79 Å². The second-order valence-corrected chi connectivity index (χ2v) is 7.75. The Bertz CT molecular complexity index is 851. The van der Waals surface area contributed by atoms with E-state index >= 15 is 0 Å². The molecule has 26 heavy (non-hydrogen) atoms. The Hall–Kier alpha value is -2.34. The maximum absolute atomic E-state index is 13.2. The van der Waals surface area contributed by atoms with Crippen molar-refractivity contribution in [1.29, 1.82) is 0 Å². The van der Waals surface area contributed by atoms with E-state index in [9.17, 15) is 4.79 Å². The molecule has 4 rings (SSSR count). The van der Waals surface area contributed by atoms with Crippen molar-refractivity contribution in [1.82, 2.24) is 15.1 Å². The predicted octanol–water partition coefficient (Wildman–Crippen LogP) is 2.13. The second-order valence-electron chi connectivity index (χ2n) is 7.75. The van der Waals surface area contributed by atoms with Crippen LogP contribution in [0.15, 0.2) is 35.3 Å². The lowest BCUT2D eigenvalue weighted by molar-refractivity contribution is 0.243. The van der Waals surface area contributed by atoms with E-state index in [4.69, 9.17) is 4.74 Å². The lowest BCUT2D eigenvalue weighted by atomic mass is 10.2. The molecule has 1 aliphatic heterocycles. The number of nitrogens with zero attached hydrogens (tertiary/aromatic N) is 3. The van der Waals surface area contributed by atoms with Gasteiger partial charge >= 0.3 is 5.56 Å². The number of nitrogens with one attached hydrogen (secondary N) is 1. The highest BCUT2D eigenvalue weighted by atomic mass is 16.5.